The number of hydrogen-bond donors (Lipinski definition) is 0. The van der Waals surface area contributed by atoms with E-state index in [-0.39, 0.29) is 0 Å². The van der Waals surface area contributed by atoms with Crippen molar-refractivity contribution >= 4 is 6.03 Å². The van der Waals surface area contributed by atoms with Gasteiger partial charge in [0.1, 0.15) is 0 Å². The number of carbonyl (C=O) groups is 1. The molecule has 3 heteroatoms. The van der Waals surface area contributed by atoms with Crippen molar-refractivity contribution in [1.82, 2.24) is 9.80 Å². The molecule has 4 bridgehead atoms. The van der Waals surface area contributed by atoms with Gasteiger partial charge in [-0.05, 0) is 61.7 Å². The van der Waals surface area contributed by atoms with Crippen molar-refractivity contribution in [3.05, 3.63) is 0 Å². The molecule has 0 aromatic heterocycles. The van der Waals surface area contributed by atoms with E-state index in [1.54, 1.807) is 0 Å². The van der Waals surface area contributed by atoms with Gasteiger partial charge in [0, 0.05) is 19.6 Å². The van der Waals surface area contributed by atoms with Crippen LogP contribution in [0.4, 0.5) is 4.79 Å². The van der Waals surface area contributed by atoms with Gasteiger partial charge >= 0.3 is 6.03 Å². The Balaban J connectivity index is 1.57. The highest BCUT2D eigenvalue weighted by Gasteiger charge is 2.53. The smallest absolute Gasteiger partial charge is 0.320 e. The fraction of sp³-hybridized carbons (Fsp3) is 0.941. The fourth-order valence-corrected chi connectivity index (χ4v) is 6.06. The van der Waals surface area contributed by atoms with Crippen molar-refractivity contribution in [2.75, 3.05) is 13.6 Å². The Morgan fingerprint density at radius 1 is 1.00 bits per heavy atom. The number of nitrogens with zero attached hydrogens (tertiary/aromatic N) is 2. The van der Waals surface area contributed by atoms with Crippen LogP contribution >= 0.6 is 0 Å². The van der Waals surface area contributed by atoms with E-state index in [2.05, 4.69) is 18.7 Å². The SMILES string of the molecule is CC(C)C1CN(C2C3CC4CC(C3)CC2C4)C(=O)N1C. The molecular weight excluding hydrogens is 248 g/mol. The molecule has 4 saturated carbocycles. The summed E-state index contributed by atoms with van der Waals surface area (Å²) in [5.41, 5.74) is 0. The van der Waals surface area contributed by atoms with Crippen LogP contribution in [0.3, 0.4) is 0 Å². The average Bonchev–Trinajstić information content (AvgIpc) is 2.66. The van der Waals surface area contributed by atoms with E-state index in [1.807, 2.05) is 11.9 Å². The van der Waals surface area contributed by atoms with Crippen LogP contribution in [0.2, 0.25) is 0 Å². The van der Waals surface area contributed by atoms with Gasteiger partial charge in [-0.2, -0.15) is 0 Å². The normalized spacial score (nSPS) is 46.9. The predicted octanol–water partition coefficient (Wildman–Crippen LogP) is 3.20. The topological polar surface area (TPSA) is 23.6 Å². The van der Waals surface area contributed by atoms with E-state index in [9.17, 15) is 4.79 Å². The zero-order chi connectivity index (χ0) is 14.0. The van der Waals surface area contributed by atoms with E-state index >= 15 is 0 Å². The van der Waals surface area contributed by atoms with E-state index in [0.717, 1.165) is 30.2 Å². The molecule has 1 unspecified atom stereocenters. The summed E-state index contributed by atoms with van der Waals surface area (Å²) in [6, 6.07) is 1.29. The maximum absolute atomic E-state index is 12.7. The van der Waals surface area contributed by atoms with Gasteiger partial charge in [0.2, 0.25) is 0 Å². The summed E-state index contributed by atoms with van der Waals surface area (Å²) in [7, 11) is 2.00. The van der Waals surface area contributed by atoms with Gasteiger partial charge in [0.25, 0.3) is 0 Å². The molecule has 2 amide bonds. The number of rotatable bonds is 2. The third-order valence-corrected chi connectivity index (χ3v) is 6.74. The summed E-state index contributed by atoms with van der Waals surface area (Å²) in [5, 5.41) is 0. The maximum atomic E-state index is 12.7. The molecular formula is C17H28N2O. The molecule has 3 nitrogen and oxygen atoms in total. The van der Waals surface area contributed by atoms with E-state index in [0.29, 0.717) is 24.0 Å². The molecule has 1 aliphatic heterocycles. The Hall–Kier alpha value is -0.730. The van der Waals surface area contributed by atoms with Crippen molar-refractivity contribution in [3.63, 3.8) is 0 Å². The minimum absolute atomic E-state index is 0.307. The van der Waals surface area contributed by atoms with Crippen LogP contribution in [0.5, 0.6) is 0 Å². The monoisotopic (exact) mass is 276 g/mol. The zero-order valence-corrected chi connectivity index (χ0v) is 13.1. The first kappa shape index (κ1) is 13.0. The second-order valence-electron chi connectivity index (χ2n) is 8.28. The van der Waals surface area contributed by atoms with Crippen molar-refractivity contribution in [1.29, 1.82) is 0 Å². The van der Waals surface area contributed by atoms with Gasteiger partial charge in [-0.25, -0.2) is 4.79 Å². The lowest BCUT2D eigenvalue weighted by Gasteiger charge is -2.56. The highest BCUT2D eigenvalue weighted by atomic mass is 16.2. The average molecular weight is 276 g/mol. The van der Waals surface area contributed by atoms with Crippen molar-refractivity contribution < 1.29 is 4.79 Å². The third kappa shape index (κ3) is 1.74. The molecule has 0 N–H and O–H groups in total. The van der Waals surface area contributed by atoms with Crippen LogP contribution < -0.4 is 0 Å². The molecule has 1 heterocycles. The summed E-state index contributed by atoms with van der Waals surface area (Å²) in [4.78, 5) is 17.0. The van der Waals surface area contributed by atoms with Crippen LogP contribution in [-0.4, -0.2) is 41.5 Å². The molecule has 20 heavy (non-hydrogen) atoms. The largest absolute Gasteiger partial charge is 0.323 e. The number of likely N-dealkylation sites (N-methyl/N-ethyl adjacent to an activating group) is 1. The molecule has 0 aromatic rings. The van der Waals surface area contributed by atoms with Crippen LogP contribution in [0.15, 0.2) is 0 Å². The van der Waals surface area contributed by atoms with Gasteiger partial charge in [0.15, 0.2) is 0 Å². The quantitative estimate of drug-likeness (QED) is 0.759. The first-order valence-corrected chi connectivity index (χ1v) is 8.58. The summed E-state index contributed by atoms with van der Waals surface area (Å²) in [6.07, 6.45) is 7.09. The maximum Gasteiger partial charge on any atom is 0.320 e. The summed E-state index contributed by atoms with van der Waals surface area (Å²) < 4.78 is 0. The van der Waals surface area contributed by atoms with Crippen LogP contribution in [0.25, 0.3) is 0 Å². The van der Waals surface area contributed by atoms with Crippen molar-refractivity contribution in [2.24, 2.45) is 29.6 Å². The highest BCUT2D eigenvalue weighted by molar-refractivity contribution is 5.77. The Bertz CT molecular complexity index is 391. The number of hydrogen-bond acceptors (Lipinski definition) is 1. The minimum atomic E-state index is 0.307. The molecule has 0 radical (unpaired) electrons. The van der Waals surface area contributed by atoms with Crippen LogP contribution in [0, 0.1) is 29.6 Å². The molecule has 0 aromatic carbocycles. The van der Waals surface area contributed by atoms with Gasteiger partial charge in [-0.15, -0.1) is 0 Å². The van der Waals surface area contributed by atoms with Crippen LogP contribution in [-0.2, 0) is 0 Å². The second-order valence-corrected chi connectivity index (χ2v) is 8.28. The second kappa shape index (κ2) is 4.38. The molecule has 5 fully saturated rings. The Kier molecular flexibility index (Phi) is 2.84. The Labute approximate surface area is 122 Å². The molecule has 5 aliphatic rings. The summed E-state index contributed by atoms with van der Waals surface area (Å²) >= 11 is 0. The standard InChI is InChI=1S/C17H28N2O/c1-10(2)15-9-19(17(20)18(15)3)16-13-5-11-4-12(7-13)8-14(16)6-11/h10-16H,4-9H2,1-3H3. The van der Waals surface area contributed by atoms with E-state index in [1.165, 1.54) is 32.1 Å². The molecule has 1 atom stereocenters. The van der Waals surface area contributed by atoms with Gasteiger partial charge in [0.05, 0.1) is 6.04 Å². The predicted molar refractivity (Wildman–Crippen MR) is 79.3 cm³/mol. The molecule has 4 aliphatic carbocycles. The lowest BCUT2D eigenvalue weighted by molar-refractivity contribution is -0.0476. The Morgan fingerprint density at radius 2 is 1.55 bits per heavy atom. The number of amides is 2. The fourth-order valence-electron chi connectivity index (χ4n) is 6.06. The van der Waals surface area contributed by atoms with Crippen molar-refractivity contribution in [3.8, 4) is 0 Å². The lowest BCUT2D eigenvalue weighted by atomic mass is 9.54. The number of carbonyl (C=O) groups excluding carboxylic acids is 1. The summed E-state index contributed by atoms with van der Waals surface area (Å²) in [6.45, 7) is 5.46. The Morgan fingerprint density at radius 3 is 2.00 bits per heavy atom. The molecule has 1 saturated heterocycles. The first-order chi connectivity index (χ1) is 9.54. The molecule has 112 valence electrons. The lowest BCUT2D eigenvalue weighted by Crippen LogP contribution is -2.56. The van der Waals surface area contributed by atoms with Gasteiger partial charge in [-0.3, -0.25) is 0 Å². The van der Waals surface area contributed by atoms with E-state index < -0.39 is 0 Å². The van der Waals surface area contributed by atoms with Crippen LogP contribution in [0.1, 0.15) is 46.0 Å². The summed E-state index contributed by atoms with van der Waals surface area (Å²) in [5.74, 6) is 4.17. The third-order valence-electron chi connectivity index (χ3n) is 6.74. The van der Waals surface area contributed by atoms with Gasteiger partial charge < -0.3 is 9.80 Å². The highest BCUT2D eigenvalue weighted by Crippen LogP contribution is 2.55. The van der Waals surface area contributed by atoms with Crippen molar-refractivity contribution in [2.45, 2.75) is 58.0 Å². The first-order valence-electron chi connectivity index (χ1n) is 8.58. The molecule has 0 spiro atoms. The minimum Gasteiger partial charge on any atom is -0.323 e. The molecule has 5 rings (SSSR count). The van der Waals surface area contributed by atoms with E-state index in [4.69, 9.17) is 0 Å². The van der Waals surface area contributed by atoms with Gasteiger partial charge in [-0.1, -0.05) is 13.8 Å². The zero-order valence-electron chi connectivity index (χ0n) is 13.1. The number of urea groups is 1.